The van der Waals surface area contributed by atoms with Crippen LogP contribution in [0.3, 0.4) is 0 Å². The predicted molar refractivity (Wildman–Crippen MR) is 120 cm³/mol. The Hall–Kier alpha value is -2.34. The van der Waals surface area contributed by atoms with E-state index in [1.54, 1.807) is 32.0 Å². The van der Waals surface area contributed by atoms with Gasteiger partial charge in [0.05, 0.1) is 24.4 Å². The summed E-state index contributed by atoms with van der Waals surface area (Å²) in [7, 11) is -3.91. The number of aromatic amines is 1. The average molecular weight is 479 g/mol. The number of nitrogens with zero attached hydrogens (tertiary/aromatic N) is 3. The van der Waals surface area contributed by atoms with Crippen LogP contribution in [0.4, 0.5) is 0 Å². The maximum absolute atomic E-state index is 13.8. The third-order valence-corrected chi connectivity index (χ3v) is 8.09. The molecular formula is C21H26N4O5S2. The lowest BCUT2D eigenvalue weighted by molar-refractivity contribution is 0.0519. The SMILES string of the molecule is CCOC(=O)c1[nH]c(C)c(CN(C[C@H]2CCCO2)S(=O)(=O)c2cccc3nsnc23)c1C. The zero-order chi connectivity index (χ0) is 22.9. The molecule has 1 saturated heterocycles. The minimum absolute atomic E-state index is 0.101. The van der Waals surface area contributed by atoms with Crippen molar-refractivity contribution in [3.63, 3.8) is 0 Å². The number of hydrogen-bond acceptors (Lipinski definition) is 8. The minimum Gasteiger partial charge on any atom is -0.461 e. The van der Waals surface area contributed by atoms with Crippen molar-refractivity contribution < 1.29 is 22.7 Å². The number of nitrogens with one attached hydrogen (secondary N) is 1. The van der Waals surface area contributed by atoms with Gasteiger partial charge in [-0.25, -0.2) is 13.2 Å². The first-order chi connectivity index (χ1) is 15.3. The fourth-order valence-electron chi connectivity index (χ4n) is 4.00. The minimum atomic E-state index is -3.91. The van der Waals surface area contributed by atoms with Crippen molar-refractivity contribution in [1.29, 1.82) is 0 Å². The molecule has 1 aromatic carbocycles. The van der Waals surface area contributed by atoms with Gasteiger partial charge in [0.2, 0.25) is 10.0 Å². The lowest BCUT2D eigenvalue weighted by Gasteiger charge is -2.25. The molecule has 11 heteroatoms. The monoisotopic (exact) mass is 478 g/mol. The van der Waals surface area contributed by atoms with Crippen molar-refractivity contribution in [2.24, 2.45) is 0 Å². The molecule has 172 valence electrons. The van der Waals surface area contributed by atoms with Crippen molar-refractivity contribution in [3.05, 3.63) is 40.7 Å². The number of benzene rings is 1. The summed E-state index contributed by atoms with van der Waals surface area (Å²) in [5.74, 6) is -0.453. The molecule has 0 amide bonds. The van der Waals surface area contributed by atoms with E-state index in [1.165, 1.54) is 4.31 Å². The van der Waals surface area contributed by atoms with Crippen molar-refractivity contribution in [2.45, 2.75) is 51.2 Å². The van der Waals surface area contributed by atoms with Gasteiger partial charge in [0.15, 0.2) is 0 Å². The Kier molecular flexibility index (Phi) is 6.61. The van der Waals surface area contributed by atoms with Crippen molar-refractivity contribution in [3.8, 4) is 0 Å². The van der Waals surface area contributed by atoms with Crippen LogP contribution in [-0.4, -0.2) is 58.3 Å². The molecule has 1 N–H and O–H groups in total. The Bertz CT molecular complexity index is 1230. The second-order valence-corrected chi connectivity index (χ2v) is 10.2. The number of ether oxygens (including phenoxy) is 2. The summed E-state index contributed by atoms with van der Waals surface area (Å²) in [6.07, 6.45) is 1.52. The molecular weight excluding hydrogens is 452 g/mol. The smallest absolute Gasteiger partial charge is 0.355 e. The summed E-state index contributed by atoms with van der Waals surface area (Å²) >= 11 is 0.984. The summed E-state index contributed by atoms with van der Waals surface area (Å²) in [6, 6.07) is 4.98. The van der Waals surface area contributed by atoms with Gasteiger partial charge >= 0.3 is 5.97 Å². The molecule has 4 rings (SSSR count). The molecule has 0 spiro atoms. The molecule has 1 fully saturated rings. The third kappa shape index (κ3) is 4.29. The van der Waals surface area contributed by atoms with Crippen LogP contribution in [0.5, 0.6) is 0 Å². The van der Waals surface area contributed by atoms with E-state index >= 15 is 0 Å². The predicted octanol–water partition coefficient (Wildman–Crippen LogP) is 3.18. The van der Waals surface area contributed by atoms with E-state index in [9.17, 15) is 13.2 Å². The lowest BCUT2D eigenvalue weighted by Crippen LogP contribution is -2.37. The second kappa shape index (κ2) is 9.26. The van der Waals surface area contributed by atoms with Crippen molar-refractivity contribution >= 4 is 38.8 Å². The summed E-state index contributed by atoms with van der Waals surface area (Å²) in [5, 5.41) is 0. The van der Waals surface area contributed by atoms with E-state index in [1.807, 2.05) is 6.92 Å². The van der Waals surface area contributed by atoms with E-state index in [0.717, 1.165) is 35.8 Å². The van der Waals surface area contributed by atoms with E-state index in [0.29, 0.717) is 28.9 Å². The van der Waals surface area contributed by atoms with Gasteiger partial charge in [-0.15, -0.1) is 0 Å². The molecule has 3 heterocycles. The van der Waals surface area contributed by atoms with Crippen LogP contribution in [-0.2, 0) is 26.0 Å². The zero-order valence-electron chi connectivity index (χ0n) is 18.3. The van der Waals surface area contributed by atoms with Crippen LogP contribution in [0.25, 0.3) is 11.0 Å². The molecule has 0 bridgehead atoms. The van der Waals surface area contributed by atoms with E-state index in [4.69, 9.17) is 9.47 Å². The standard InChI is InChI=1S/C21H26N4O5S2/c1-4-29-21(26)19-13(2)16(14(3)22-19)12-25(11-15-7-6-10-30-15)32(27,28)18-9-5-8-17-20(18)24-31-23-17/h5,8-9,15,22H,4,6-7,10-12H2,1-3H3/t15-/m1/s1. The molecule has 0 aliphatic carbocycles. The third-order valence-electron chi connectivity index (χ3n) is 5.70. The van der Waals surface area contributed by atoms with E-state index < -0.39 is 16.0 Å². The molecule has 0 radical (unpaired) electrons. The number of carbonyl (C=O) groups excluding carboxylic acids is 1. The Morgan fingerprint density at radius 1 is 1.34 bits per heavy atom. The highest BCUT2D eigenvalue weighted by molar-refractivity contribution is 7.89. The zero-order valence-corrected chi connectivity index (χ0v) is 19.9. The fourth-order valence-corrected chi connectivity index (χ4v) is 6.19. The van der Waals surface area contributed by atoms with Crippen molar-refractivity contribution in [2.75, 3.05) is 19.8 Å². The second-order valence-electron chi connectivity index (χ2n) is 7.77. The molecule has 9 nitrogen and oxygen atoms in total. The van der Waals surface area contributed by atoms with Gasteiger partial charge in [0.1, 0.15) is 21.6 Å². The Morgan fingerprint density at radius 3 is 2.88 bits per heavy atom. The van der Waals surface area contributed by atoms with Gasteiger partial charge in [-0.2, -0.15) is 13.1 Å². The molecule has 0 saturated carbocycles. The van der Waals surface area contributed by atoms with Gasteiger partial charge in [-0.3, -0.25) is 0 Å². The van der Waals surface area contributed by atoms with Crippen LogP contribution in [0.2, 0.25) is 0 Å². The van der Waals surface area contributed by atoms with E-state index in [2.05, 4.69) is 13.7 Å². The number of aryl methyl sites for hydroxylation is 1. The Balaban J connectivity index is 1.74. The molecule has 1 atom stereocenters. The largest absolute Gasteiger partial charge is 0.461 e. The highest BCUT2D eigenvalue weighted by atomic mass is 32.2. The first-order valence-electron chi connectivity index (χ1n) is 10.5. The summed E-state index contributed by atoms with van der Waals surface area (Å²) < 4.78 is 48.3. The van der Waals surface area contributed by atoms with Gasteiger partial charge in [0.25, 0.3) is 0 Å². The van der Waals surface area contributed by atoms with Crippen LogP contribution in [0, 0.1) is 13.8 Å². The molecule has 1 aliphatic rings. The van der Waals surface area contributed by atoms with E-state index in [-0.39, 0.29) is 30.7 Å². The number of H-pyrrole nitrogens is 1. The van der Waals surface area contributed by atoms with Crippen LogP contribution in [0.15, 0.2) is 23.1 Å². The van der Waals surface area contributed by atoms with Crippen molar-refractivity contribution in [1.82, 2.24) is 18.0 Å². The summed E-state index contributed by atoms with van der Waals surface area (Å²) in [4.78, 5) is 15.5. The van der Waals surface area contributed by atoms with Gasteiger partial charge < -0.3 is 14.5 Å². The topological polar surface area (TPSA) is 114 Å². The molecule has 1 aliphatic heterocycles. The van der Waals surface area contributed by atoms with Crippen LogP contribution in [0.1, 0.15) is 47.1 Å². The number of aromatic nitrogens is 3. The highest BCUT2D eigenvalue weighted by Gasteiger charge is 2.33. The van der Waals surface area contributed by atoms with Gasteiger partial charge in [-0.05, 0) is 56.9 Å². The van der Waals surface area contributed by atoms with Gasteiger partial charge in [0, 0.05) is 25.4 Å². The lowest BCUT2D eigenvalue weighted by atomic mass is 10.1. The molecule has 3 aromatic rings. The Morgan fingerprint density at radius 2 is 2.16 bits per heavy atom. The number of fused-ring (bicyclic) bond motifs is 1. The highest BCUT2D eigenvalue weighted by Crippen LogP contribution is 2.29. The van der Waals surface area contributed by atoms with Gasteiger partial charge in [-0.1, -0.05) is 6.07 Å². The summed E-state index contributed by atoms with van der Waals surface area (Å²) in [6.45, 7) is 6.57. The fraction of sp³-hybridized carbons (Fsp3) is 0.476. The average Bonchev–Trinajstić information content (AvgIpc) is 3.50. The molecule has 2 aromatic heterocycles. The molecule has 32 heavy (non-hydrogen) atoms. The number of rotatable bonds is 8. The number of esters is 1. The van der Waals surface area contributed by atoms with Crippen LogP contribution < -0.4 is 0 Å². The number of carbonyl (C=O) groups is 1. The number of sulfonamides is 1. The number of hydrogen-bond donors (Lipinski definition) is 1. The molecule has 0 unspecified atom stereocenters. The Labute approximate surface area is 191 Å². The first kappa shape index (κ1) is 22.8. The maximum atomic E-state index is 13.8. The summed E-state index contributed by atoms with van der Waals surface area (Å²) in [5.41, 5.74) is 3.42. The maximum Gasteiger partial charge on any atom is 0.355 e. The normalized spacial score (nSPS) is 16.8. The quantitative estimate of drug-likeness (QED) is 0.495. The van der Waals surface area contributed by atoms with Crippen LogP contribution >= 0.6 is 11.7 Å². The first-order valence-corrected chi connectivity index (χ1v) is 12.7.